The maximum atomic E-state index is 13.5. The van der Waals surface area contributed by atoms with Crippen molar-refractivity contribution in [3.63, 3.8) is 0 Å². The van der Waals surface area contributed by atoms with Crippen LogP contribution in [0, 0.1) is 23.4 Å². The summed E-state index contributed by atoms with van der Waals surface area (Å²) in [7, 11) is 0. The van der Waals surface area contributed by atoms with Gasteiger partial charge in [0.1, 0.15) is 0 Å². The Morgan fingerprint density at radius 1 is 1.25 bits per heavy atom. The zero-order valence-electron chi connectivity index (χ0n) is 8.93. The van der Waals surface area contributed by atoms with Gasteiger partial charge in [0.2, 0.25) is 0 Å². The molecule has 1 aliphatic carbocycles. The second-order valence-corrected chi connectivity index (χ2v) is 4.64. The van der Waals surface area contributed by atoms with Gasteiger partial charge in [-0.15, -0.1) is 0 Å². The summed E-state index contributed by atoms with van der Waals surface area (Å²) in [4.78, 5) is 0. The molecule has 1 N–H and O–H groups in total. The first kappa shape index (κ1) is 11.5. The highest BCUT2D eigenvalue weighted by molar-refractivity contribution is 5.26. The molecule has 0 amide bonds. The maximum absolute atomic E-state index is 13.5. The van der Waals surface area contributed by atoms with Gasteiger partial charge in [-0.05, 0) is 25.3 Å². The van der Waals surface area contributed by atoms with E-state index in [1.165, 1.54) is 6.92 Å². The van der Waals surface area contributed by atoms with E-state index in [9.17, 15) is 18.3 Å². The van der Waals surface area contributed by atoms with Crippen molar-refractivity contribution in [2.75, 3.05) is 0 Å². The molecule has 0 aliphatic heterocycles. The number of hydrogen-bond acceptors (Lipinski definition) is 1. The monoisotopic (exact) mass is 230 g/mol. The predicted molar refractivity (Wildman–Crippen MR) is 53.2 cm³/mol. The summed E-state index contributed by atoms with van der Waals surface area (Å²) in [5, 5.41) is 10.1. The zero-order valence-corrected chi connectivity index (χ0v) is 8.93. The number of hydrogen-bond donors (Lipinski definition) is 1. The molecule has 1 fully saturated rings. The molecule has 4 heteroatoms. The van der Waals surface area contributed by atoms with E-state index in [1.807, 2.05) is 0 Å². The standard InChI is InChI=1S/C12H13F3O/c1-12(16,6-7-2-3-7)8-4-5-9(13)11(15)10(8)14/h4-5,7,16H,2-3,6H2,1H3. The van der Waals surface area contributed by atoms with Crippen molar-refractivity contribution < 1.29 is 18.3 Å². The van der Waals surface area contributed by atoms with Crippen LogP contribution in [-0.2, 0) is 5.60 Å². The Labute approximate surface area is 91.9 Å². The van der Waals surface area contributed by atoms with Crippen molar-refractivity contribution in [2.45, 2.75) is 31.8 Å². The third-order valence-corrected chi connectivity index (χ3v) is 3.00. The SMILES string of the molecule is CC(O)(CC1CC1)c1ccc(F)c(F)c1F. The number of halogens is 3. The molecule has 1 aliphatic rings. The van der Waals surface area contributed by atoms with Crippen LogP contribution < -0.4 is 0 Å². The average molecular weight is 230 g/mol. The van der Waals surface area contributed by atoms with Crippen molar-refractivity contribution >= 4 is 0 Å². The molecule has 16 heavy (non-hydrogen) atoms. The number of rotatable bonds is 3. The summed E-state index contributed by atoms with van der Waals surface area (Å²) in [6.07, 6.45) is 2.39. The summed E-state index contributed by atoms with van der Waals surface area (Å²) in [6.45, 7) is 1.43. The molecule has 1 saturated carbocycles. The van der Waals surface area contributed by atoms with Crippen LogP contribution in [0.3, 0.4) is 0 Å². The molecule has 2 rings (SSSR count). The highest BCUT2D eigenvalue weighted by Gasteiger charge is 2.35. The molecule has 1 atom stereocenters. The van der Waals surface area contributed by atoms with E-state index in [-0.39, 0.29) is 5.56 Å². The van der Waals surface area contributed by atoms with Gasteiger partial charge in [0.05, 0.1) is 5.60 Å². The minimum absolute atomic E-state index is 0.168. The van der Waals surface area contributed by atoms with Crippen molar-refractivity contribution in [3.05, 3.63) is 35.1 Å². The van der Waals surface area contributed by atoms with Crippen molar-refractivity contribution in [3.8, 4) is 0 Å². The minimum Gasteiger partial charge on any atom is -0.385 e. The summed E-state index contributed by atoms with van der Waals surface area (Å²) in [5.41, 5.74) is -1.60. The van der Waals surface area contributed by atoms with Gasteiger partial charge in [-0.25, -0.2) is 13.2 Å². The fourth-order valence-electron chi connectivity index (χ4n) is 1.94. The molecule has 1 aromatic carbocycles. The van der Waals surface area contributed by atoms with Crippen LogP contribution in [-0.4, -0.2) is 5.11 Å². The van der Waals surface area contributed by atoms with Crippen LogP contribution in [0.1, 0.15) is 31.7 Å². The Kier molecular flexibility index (Phi) is 2.70. The van der Waals surface area contributed by atoms with Gasteiger partial charge in [-0.2, -0.15) is 0 Å². The zero-order chi connectivity index (χ0) is 11.9. The topological polar surface area (TPSA) is 20.2 Å². The molecule has 0 spiro atoms. The highest BCUT2D eigenvalue weighted by atomic mass is 19.2. The van der Waals surface area contributed by atoms with E-state index in [0.717, 1.165) is 25.0 Å². The number of benzene rings is 1. The van der Waals surface area contributed by atoms with E-state index >= 15 is 0 Å². The first-order valence-corrected chi connectivity index (χ1v) is 5.28. The molecular weight excluding hydrogens is 217 g/mol. The Morgan fingerprint density at radius 2 is 1.88 bits per heavy atom. The van der Waals surface area contributed by atoms with Gasteiger partial charge >= 0.3 is 0 Å². The normalized spacial score (nSPS) is 19.6. The second kappa shape index (κ2) is 3.77. The van der Waals surface area contributed by atoms with Gasteiger partial charge in [-0.3, -0.25) is 0 Å². The number of aliphatic hydroxyl groups is 1. The van der Waals surface area contributed by atoms with E-state index in [2.05, 4.69) is 0 Å². The molecule has 1 nitrogen and oxygen atoms in total. The highest BCUT2D eigenvalue weighted by Crippen LogP contribution is 2.41. The lowest BCUT2D eigenvalue weighted by Crippen LogP contribution is -2.24. The van der Waals surface area contributed by atoms with E-state index in [4.69, 9.17) is 0 Å². The Balaban J connectivity index is 2.34. The van der Waals surface area contributed by atoms with Gasteiger partial charge < -0.3 is 5.11 Å². The molecule has 1 unspecified atom stereocenters. The third kappa shape index (κ3) is 2.07. The average Bonchev–Trinajstić information content (AvgIpc) is 2.97. The van der Waals surface area contributed by atoms with Crippen LogP contribution in [0.15, 0.2) is 12.1 Å². The Bertz CT molecular complexity index is 411. The Hall–Kier alpha value is -1.03. The third-order valence-electron chi connectivity index (χ3n) is 3.00. The molecule has 0 bridgehead atoms. The largest absolute Gasteiger partial charge is 0.385 e. The Morgan fingerprint density at radius 3 is 2.44 bits per heavy atom. The quantitative estimate of drug-likeness (QED) is 0.791. The van der Waals surface area contributed by atoms with E-state index in [0.29, 0.717) is 12.3 Å². The van der Waals surface area contributed by atoms with Crippen LogP contribution in [0.4, 0.5) is 13.2 Å². The molecule has 1 aromatic rings. The molecular formula is C12H13F3O. The molecule has 0 heterocycles. The van der Waals surface area contributed by atoms with Crippen LogP contribution in [0.25, 0.3) is 0 Å². The summed E-state index contributed by atoms with van der Waals surface area (Å²) in [5.74, 6) is -3.68. The summed E-state index contributed by atoms with van der Waals surface area (Å²) < 4.78 is 39.2. The van der Waals surface area contributed by atoms with Gasteiger partial charge in [0.15, 0.2) is 17.5 Å². The van der Waals surface area contributed by atoms with Gasteiger partial charge in [-0.1, -0.05) is 18.9 Å². The summed E-state index contributed by atoms with van der Waals surface area (Å²) in [6, 6.07) is 1.95. The molecule has 0 aromatic heterocycles. The van der Waals surface area contributed by atoms with Crippen molar-refractivity contribution in [1.82, 2.24) is 0 Å². The van der Waals surface area contributed by atoms with Crippen molar-refractivity contribution in [1.29, 1.82) is 0 Å². The van der Waals surface area contributed by atoms with E-state index < -0.39 is 23.1 Å². The summed E-state index contributed by atoms with van der Waals surface area (Å²) >= 11 is 0. The smallest absolute Gasteiger partial charge is 0.194 e. The fraction of sp³-hybridized carbons (Fsp3) is 0.500. The first-order valence-electron chi connectivity index (χ1n) is 5.28. The van der Waals surface area contributed by atoms with E-state index in [1.54, 1.807) is 0 Å². The van der Waals surface area contributed by atoms with Gasteiger partial charge in [0, 0.05) is 5.56 Å². The van der Waals surface area contributed by atoms with Crippen LogP contribution >= 0.6 is 0 Å². The maximum Gasteiger partial charge on any atom is 0.194 e. The van der Waals surface area contributed by atoms with Crippen molar-refractivity contribution in [2.24, 2.45) is 5.92 Å². The minimum atomic E-state index is -1.52. The van der Waals surface area contributed by atoms with Gasteiger partial charge in [0.25, 0.3) is 0 Å². The molecule has 88 valence electrons. The predicted octanol–water partition coefficient (Wildman–Crippen LogP) is 3.11. The van der Waals surface area contributed by atoms with Crippen LogP contribution in [0.5, 0.6) is 0 Å². The lowest BCUT2D eigenvalue weighted by molar-refractivity contribution is 0.0372. The van der Waals surface area contributed by atoms with Crippen LogP contribution in [0.2, 0.25) is 0 Å². The second-order valence-electron chi connectivity index (χ2n) is 4.64. The lowest BCUT2D eigenvalue weighted by Gasteiger charge is -2.24. The molecule has 0 radical (unpaired) electrons. The molecule has 0 saturated heterocycles. The lowest BCUT2D eigenvalue weighted by atomic mass is 9.90. The fourth-order valence-corrected chi connectivity index (χ4v) is 1.94. The first-order chi connectivity index (χ1) is 7.42.